The molecule has 2 aliphatic rings. The zero-order chi connectivity index (χ0) is 14.5. The van der Waals surface area contributed by atoms with Crippen LogP contribution >= 0.6 is 0 Å². The summed E-state index contributed by atoms with van der Waals surface area (Å²) in [6.45, 7) is 1.14. The van der Waals surface area contributed by atoms with Gasteiger partial charge in [0.25, 0.3) is 0 Å². The van der Waals surface area contributed by atoms with E-state index >= 15 is 0 Å². The molecule has 1 aromatic carbocycles. The van der Waals surface area contributed by atoms with Crippen molar-refractivity contribution in [3.63, 3.8) is 0 Å². The van der Waals surface area contributed by atoms with Crippen molar-refractivity contribution in [1.29, 1.82) is 0 Å². The smallest absolute Gasteiger partial charge is 0.231 e. The van der Waals surface area contributed by atoms with Gasteiger partial charge in [0, 0.05) is 12.6 Å². The summed E-state index contributed by atoms with van der Waals surface area (Å²) in [5.41, 5.74) is 1.19. The van der Waals surface area contributed by atoms with Crippen molar-refractivity contribution in [2.75, 3.05) is 13.9 Å². The lowest BCUT2D eigenvalue weighted by atomic mass is 9.96. The van der Waals surface area contributed by atoms with Gasteiger partial charge in [0.05, 0.1) is 7.11 Å². The molecule has 1 N–H and O–H groups in total. The zero-order valence-electron chi connectivity index (χ0n) is 12.8. The van der Waals surface area contributed by atoms with Crippen molar-refractivity contribution in [2.45, 2.75) is 57.5 Å². The van der Waals surface area contributed by atoms with Crippen LogP contribution in [-0.2, 0) is 6.54 Å². The molecule has 116 valence electrons. The predicted octanol–water partition coefficient (Wildman–Crippen LogP) is 3.63. The van der Waals surface area contributed by atoms with Gasteiger partial charge in [0.2, 0.25) is 12.5 Å². The van der Waals surface area contributed by atoms with Gasteiger partial charge < -0.3 is 19.5 Å². The molecule has 21 heavy (non-hydrogen) atoms. The fraction of sp³-hybridized carbons (Fsp3) is 0.647. The Bertz CT molecular complexity index is 467. The lowest BCUT2D eigenvalue weighted by molar-refractivity contribution is 0.171. The maximum atomic E-state index is 5.48. The largest absolute Gasteiger partial charge is 0.493 e. The molecule has 4 nitrogen and oxygen atoms in total. The summed E-state index contributed by atoms with van der Waals surface area (Å²) in [4.78, 5) is 0. The molecule has 1 fully saturated rings. The Hall–Kier alpha value is -1.42. The number of ether oxygens (including phenoxy) is 3. The molecule has 0 spiro atoms. The SMILES string of the molecule is COc1cc(CNC2CCCCCCC2)cc2c1OCO2. The molecule has 1 aromatic rings. The van der Waals surface area contributed by atoms with Crippen LogP contribution in [-0.4, -0.2) is 19.9 Å². The first-order valence-corrected chi connectivity index (χ1v) is 8.06. The van der Waals surface area contributed by atoms with E-state index in [4.69, 9.17) is 14.2 Å². The maximum absolute atomic E-state index is 5.48. The van der Waals surface area contributed by atoms with Crippen molar-refractivity contribution in [3.05, 3.63) is 17.7 Å². The molecule has 0 saturated heterocycles. The number of nitrogens with one attached hydrogen (secondary N) is 1. The van der Waals surface area contributed by atoms with Gasteiger partial charge in [-0.1, -0.05) is 32.1 Å². The van der Waals surface area contributed by atoms with E-state index in [0.717, 1.165) is 23.8 Å². The van der Waals surface area contributed by atoms with Crippen molar-refractivity contribution in [2.24, 2.45) is 0 Å². The zero-order valence-corrected chi connectivity index (χ0v) is 12.8. The number of methoxy groups -OCH3 is 1. The van der Waals surface area contributed by atoms with Crippen LogP contribution < -0.4 is 19.5 Å². The van der Waals surface area contributed by atoms with Crippen molar-refractivity contribution in [3.8, 4) is 17.2 Å². The van der Waals surface area contributed by atoms with Crippen LogP contribution in [0.5, 0.6) is 17.2 Å². The Balaban J connectivity index is 1.62. The standard InChI is InChI=1S/C17H25NO3/c1-19-15-9-13(10-16-17(15)21-12-20-16)11-18-14-7-5-3-2-4-6-8-14/h9-10,14,18H,2-8,11-12H2,1H3. The van der Waals surface area contributed by atoms with Crippen molar-refractivity contribution >= 4 is 0 Å². The first-order chi connectivity index (χ1) is 10.4. The van der Waals surface area contributed by atoms with Crippen LogP contribution in [0.4, 0.5) is 0 Å². The lowest BCUT2D eigenvalue weighted by Gasteiger charge is -2.21. The maximum Gasteiger partial charge on any atom is 0.231 e. The van der Waals surface area contributed by atoms with Gasteiger partial charge in [0.15, 0.2) is 11.5 Å². The molecule has 3 rings (SSSR count). The summed E-state index contributed by atoms with van der Waals surface area (Å²) in [6, 6.07) is 4.74. The van der Waals surface area contributed by atoms with Gasteiger partial charge >= 0.3 is 0 Å². The molecule has 4 heteroatoms. The third kappa shape index (κ3) is 3.62. The third-order valence-corrected chi connectivity index (χ3v) is 4.42. The number of fused-ring (bicyclic) bond motifs is 1. The predicted molar refractivity (Wildman–Crippen MR) is 82.1 cm³/mol. The summed E-state index contributed by atoms with van der Waals surface area (Å²) in [5, 5.41) is 3.70. The van der Waals surface area contributed by atoms with E-state index in [0.29, 0.717) is 6.04 Å². The van der Waals surface area contributed by atoms with Crippen LogP contribution in [0.15, 0.2) is 12.1 Å². The second-order valence-corrected chi connectivity index (χ2v) is 5.95. The van der Waals surface area contributed by atoms with E-state index in [1.807, 2.05) is 6.07 Å². The number of hydrogen-bond acceptors (Lipinski definition) is 4. The summed E-state index contributed by atoms with van der Waals surface area (Å²) < 4.78 is 16.3. The topological polar surface area (TPSA) is 39.7 Å². The van der Waals surface area contributed by atoms with E-state index in [9.17, 15) is 0 Å². The normalized spacial score (nSPS) is 19.1. The Kier molecular flexibility index (Phi) is 4.86. The van der Waals surface area contributed by atoms with E-state index in [2.05, 4.69) is 11.4 Å². The minimum absolute atomic E-state index is 0.283. The molecular formula is C17H25NO3. The summed E-state index contributed by atoms with van der Waals surface area (Å²) >= 11 is 0. The van der Waals surface area contributed by atoms with Gasteiger partial charge in [-0.05, 0) is 30.5 Å². The van der Waals surface area contributed by atoms with Crippen LogP contribution in [0.25, 0.3) is 0 Å². The second-order valence-electron chi connectivity index (χ2n) is 5.95. The molecule has 0 atom stereocenters. The monoisotopic (exact) mass is 291 g/mol. The molecule has 1 aliphatic heterocycles. The summed E-state index contributed by atoms with van der Waals surface area (Å²) in [5.74, 6) is 2.29. The minimum atomic E-state index is 0.283. The van der Waals surface area contributed by atoms with Crippen LogP contribution in [0.3, 0.4) is 0 Å². The van der Waals surface area contributed by atoms with Crippen LogP contribution in [0.2, 0.25) is 0 Å². The highest BCUT2D eigenvalue weighted by atomic mass is 16.7. The molecule has 0 bridgehead atoms. The average Bonchev–Trinajstić information content (AvgIpc) is 2.93. The highest BCUT2D eigenvalue weighted by Gasteiger charge is 2.20. The Morgan fingerprint density at radius 2 is 1.86 bits per heavy atom. The average molecular weight is 291 g/mol. The molecular weight excluding hydrogens is 266 g/mol. The molecule has 1 heterocycles. The fourth-order valence-electron chi connectivity index (χ4n) is 3.21. The summed E-state index contributed by atoms with van der Waals surface area (Å²) in [6.07, 6.45) is 9.46. The number of hydrogen-bond donors (Lipinski definition) is 1. The Morgan fingerprint density at radius 1 is 1.10 bits per heavy atom. The molecule has 0 radical (unpaired) electrons. The van der Waals surface area contributed by atoms with Crippen molar-refractivity contribution < 1.29 is 14.2 Å². The molecule has 1 aliphatic carbocycles. The second kappa shape index (κ2) is 7.03. The quantitative estimate of drug-likeness (QED) is 0.919. The van der Waals surface area contributed by atoms with E-state index in [1.165, 1.54) is 50.5 Å². The highest BCUT2D eigenvalue weighted by molar-refractivity contribution is 5.55. The van der Waals surface area contributed by atoms with Gasteiger partial charge in [-0.25, -0.2) is 0 Å². The van der Waals surface area contributed by atoms with Crippen LogP contribution in [0, 0.1) is 0 Å². The molecule has 0 unspecified atom stereocenters. The number of rotatable bonds is 4. The first-order valence-electron chi connectivity index (χ1n) is 8.06. The van der Waals surface area contributed by atoms with Gasteiger partial charge in [-0.2, -0.15) is 0 Å². The third-order valence-electron chi connectivity index (χ3n) is 4.42. The van der Waals surface area contributed by atoms with Crippen LogP contribution in [0.1, 0.15) is 50.5 Å². The Morgan fingerprint density at radius 3 is 2.62 bits per heavy atom. The summed E-state index contributed by atoms with van der Waals surface area (Å²) in [7, 11) is 1.67. The Labute approximate surface area is 126 Å². The van der Waals surface area contributed by atoms with Gasteiger partial charge in [-0.15, -0.1) is 0 Å². The minimum Gasteiger partial charge on any atom is -0.493 e. The van der Waals surface area contributed by atoms with E-state index in [1.54, 1.807) is 7.11 Å². The fourth-order valence-corrected chi connectivity index (χ4v) is 3.21. The van der Waals surface area contributed by atoms with Gasteiger partial charge in [-0.3, -0.25) is 0 Å². The molecule has 0 amide bonds. The highest BCUT2D eigenvalue weighted by Crippen LogP contribution is 2.41. The van der Waals surface area contributed by atoms with E-state index < -0.39 is 0 Å². The number of benzene rings is 1. The molecule has 1 saturated carbocycles. The van der Waals surface area contributed by atoms with Crippen molar-refractivity contribution in [1.82, 2.24) is 5.32 Å². The molecule has 0 aromatic heterocycles. The first kappa shape index (κ1) is 14.5. The van der Waals surface area contributed by atoms with Gasteiger partial charge in [0.1, 0.15) is 0 Å². The lowest BCUT2D eigenvalue weighted by Crippen LogP contribution is -2.29. The van der Waals surface area contributed by atoms with E-state index in [-0.39, 0.29) is 6.79 Å².